The van der Waals surface area contributed by atoms with Crippen LogP contribution in [0.3, 0.4) is 0 Å². The van der Waals surface area contributed by atoms with Crippen molar-refractivity contribution in [1.29, 1.82) is 0 Å². The number of nitrogens with one attached hydrogen (secondary N) is 1. The highest BCUT2D eigenvalue weighted by Crippen LogP contribution is 2.29. The number of amides is 1. The largest absolute Gasteiger partial charge is 0.356 e. The number of hydrogen-bond acceptors (Lipinski definition) is 4. The minimum absolute atomic E-state index is 0.0528. The Bertz CT molecular complexity index is 932. The van der Waals surface area contributed by atoms with Gasteiger partial charge in [-0.3, -0.25) is 9.48 Å². The number of benzene rings is 1. The predicted octanol–water partition coefficient (Wildman–Crippen LogP) is 1.85. The molecule has 1 amide bonds. The van der Waals surface area contributed by atoms with Crippen LogP contribution in [0, 0.1) is 12.8 Å². The molecule has 1 aliphatic heterocycles. The zero-order valence-corrected chi connectivity index (χ0v) is 16.2. The van der Waals surface area contributed by atoms with E-state index in [1.165, 1.54) is 17.1 Å². The van der Waals surface area contributed by atoms with Crippen LogP contribution in [-0.4, -0.2) is 41.5 Å². The molecule has 1 unspecified atom stereocenters. The number of aromatic nitrogens is 2. The minimum atomic E-state index is -3.62. The highest BCUT2D eigenvalue weighted by Gasteiger charge is 2.34. The molecule has 1 saturated carbocycles. The number of carbonyl (C=O) groups is 1. The zero-order chi connectivity index (χ0) is 19.0. The number of sulfonamides is 1. The Balaban J connectivity index is 1.53. The summed E-state index contributed by atoms with van der Waals surface area (Å²) in [4.78, 5) is 12.6. The molecule has 2 aliphatic rings. The minimum Gasteiger partial charge on any atom is -0.356 e. The predicted molar refractivity (Wildman–Crippen MR) is 100 cm³/mol. The molecule has 0 spiro atoms. The van der Waals surface area contributed by atoms with Gasteiger partial charge in [0.15, 0.2) is 0 Å². The molecular formula is C19H24N4O3S. The highest BCUT2D eigenvalue weighted by atomic mass is 32.2. The van der Waals surface area contributed by atoms with Gasteiger partial charge in [0.2, 0.25) is 15.9 Å². The highest BCUT2D eigenvalue weighted by molar-refractivity contribution is 7.89. The third kappa shape index (κ3) is 3.91. The molecule has 8 heteroatoms. The van der Waals surface area contributed by atoms with Gasteiger partial charge in [-0.25, -0.2) is 8.42 Å². The molecule has 1 aromatic heterocycles. The van der Waals surface area contributed by atoms with Crippen molar-refractivity contribution in [3.05, 3.63) is 47.8 Å². The fraction of sp³-hybridized carbons (Fsp3) is 0.474. The monoisotopic (exact) mass is 388 g/mol. The maximum Gasteiger partial charge on any atom is 0.243 e. The van der Waals surface area contributed by atoms with Crippen molar-refractivity contribution in [2.24, 2.45) is 5.92 Å². The van der Waals surface area contributed by atoms with Gasteiger partial charge in [-0.2, -0.15) is 9.40 Å². The summed E-state index contributed by atoms with van der Waals surface area (Å²) in [5, 5.41) is 7.27. The number of carbonyl (C=O) groups excluding carboxylic acids is 1. The second kappa shape index (κ2) is 7.09. The topological polar surface area (TPSA) is 84.3 Å². The summed E-state index contributed by atoms with van der Waals surface area (Å²) < 4.78 is 29.4. The van der Waals surface area contributed by atoms with E-state index in [9.17, 15) is 13.2 Å². The molecule has 27 heavy (non-hydrogen) atoms. The lowest BCUT2D eigenvalue weighted by molar-refractivity contribution is -0.122. The zero-order valence-electron chi connectivity index (χ0n) is 15.3. The van der Waals surface area contributed by atoms with Crippen LogP contribution in [0.25, 0.3) is 0 Å². The normalized spacial score (nSPS) is 20.3. The first-order chi connectivity index (χ1) is 12.9. The van der Waals surface area contributed by atoms with Crippen LogP contribution in [0.1, 0.15) is 36.6 Å². The van der Waals surface area contributed by atoms with E-state index in [1.807, 2.05) is 13.0 Å². The molecule has 1 aliphatic carbocycles. The van der Waals surface area contributed by atoms with Crippen molar-refractivity contribution in [3.8, 4) is 0 Å². The fourth-order valence-electron chi connectivity index (χ4n) is 3.41. The molecule has 1 aromatic carbocycles. The summed E-state index contributed by atoms with van der Waals surface area (Å²) in [6.45, 7) is 3.13. The van der Waals surface area contributed by atoms with Crippen LogP contribution < -0.4 is 5.32 Å². The second-order valence-electron chi connectivity index (χ2n) is 7.48. The van der Waals surface area contributed by atoms with Gasteiger partial charge >= 0.3 is 0 Å². The average Bonchev–Trinajstić information content (AvgIpc) is 3.35. The van der Waals surface area contributed by atoms with E-state index in [1.54, 1.807) is 35.1 Å². The summed E-state index contributed by atoms with van der Waals surface area (Å²) >= 11 is 0. The van der Waals surface area contributed by atoms with E-state index < -0.39 is 10.0 Å². The van der Waals surface area contributed by atoms with Crippen molar-refractivity contribution in [1.82, 2.24) is 19.4 Å². The molecule has 1 atom stereocenters. The third-order valence-electron chi connectivity index (χ3n) is 5.22. The molecule has 144 valence electrons. The van der Waals surface area contributed by atoms with E-state index in [4.69, 9.17) is 0 Å². The fourth-order valence-corrected chi connectivity index (χ4v) is 4.86. The Morgan fingerprint density at radius 1 is 1.22 bits per heavy atom. The van der Waals surface area contributed by atoms with E-state index >= 15 is 0 Å². The summed E-state index contributed by atoms with van der Waals surface area (Å²) in [5.74, 6) is 0.557. The summed E-state index contributed by atoms with van der Waals surface area (Å²) in [7, 11) is -3.62. The first kappa shape index (κ1) is 18.2. The number of fused-ring (bicyclic) bond motifs is 1. The Hall–Kier alpha value is -2.19. The smallest absolute Gasteiger partial charge is 0.243 e. The molecule has 2 heterocycles. The Labute approximate surface area is 159 Å². The number of rotatable bonds is 6. The molecule has 2 aromatic rings. The van der Waals surface area contributed by atoms with Gasteiger partial charge in [0.05, 0.1) is 29.6 Å². The molecule has 7 nitrogen and oxygen atoms in total. The first-order valence-corrected chi connectivity index (χ1v) is 10.7. The molecule has 0 saturated heterocycles. The van der Waals surface area contributed by atoms with E-state index in [0.717, 1.165) is 11.3 Å². The maximum absolute atomic E-state index is 13.1. The SMILES string of the molecule is Cc1ccc(S(=O)(=O)N2Cc3ccnn3C(CC(=O)NCC3CC3)C2)cc1. The molecule has 0 bridgehead atoms. The van der Waals surface area contributed by atoms with Gasteiger partial charge in [0, 0.05) is 19.3 Å². The van der Waals surface area contributed by atoms with Gasteiger partial charge in [0.1, 0.15) is 0 Å². The molecule has 1 N–H and O–H groups in total. The Morgan fingerprint density at radius 2 is 1.96 bits per heavy atom. The molecule has 4 rings (SSSR count). The number of nitrogens with zero attached hydrogens (tertiary/aromatic N) is 3. The lowest BCUT2D eigenvalue weighted by atomic mass is 10.1. The van der Waals surface area contributed by atoms with Crippen molar-refractivity contribution in [3.63, 3.8) is 0 Å². The van der Waals surface area contributed by atoms with E-state index in [-0.39, 0.29) is 36.4 Å². The summed E-state index contributed by atoms with van der Waals surface area (Å²) in [6, 6.07) is 8.37. The first-order valence-electron chi connectivity index (χ1n) is 9.29. The van der Waals surface area contributed by atoms with Crippen molar-refractivity contribution in [2.75, 3.05) is 13.1 Å². The Kier molecular flexibility index (Phi) is 4.77. The van der Waals surface area contributed by atoms with Crippen LogP contribution in [-0.2, 0) is 21.4 Å². The number of hydrogen-bond donors (Lipinski definition) is 1. The van der Waals surface area contributed by atoms with Crippen LogP contribution in [0.4, 0.5) is 0 Å². The molecule has 1 fully saturated rings. The van der Waals surface area contributed by atoms with Gasteiger partial charge in [-0.15, -0.1) is 0 Å². The number of aryl methyl sites for hydroxylation is 1. The molecular weight excluding hydrogens is 364 g/mol. The Morgan fingerprint density at radius 3 is 2.67 bits per heavy atom. The van der Waals surface area contributed by atoms with Gasteiger partial charge in [0.25, 0.3) is 0 Å². The van der Waals surface area contributed by atoms with Crippen molar-refractivity contribution < 1.29 is 13.2 Å². The maximum atomic E-state index is 13.1. The van der Waals surface area contributed by atoms with Crippen LogP contribution in [0.15, 0.2) is 41.4 Å². The lowest BCUT2D eigenvalue weighted by Crippen LogP contribution is -2.43. The second-order valence-corrected chi connectivity index (χ2v) is 9.42. The summed E-state index contributed by atoms with van der Waals surface area (Å²) in [6.07, 6.45) is 4.24. The van der Waals surface area contributed by atoms with Gasteiger partial charge < -0.3 is 5.32 Å². The van der Waals surface area contributed by atoms with E-state index in [0.29, 0.717) is 12.5 Å². The average molecular weight is 388 g/mol. The standard InChI is InChI=1S/C19H24N4O3S/c1-14-2-6-18(7-3-14)27(25,26)22-12-16-8-9-21-23(16)17(13-22)10-19(24)20-11-15-4-5-15/h2-3,6-9,15,17H,4-5,10-13H2,1H3,(H,20,24). The van der Waals surface area contributed by atoms with Gasteiger partial charge in [-0.1, -0.05) is 17.7 Å². The van der Waals surface area contributed by atoms with Crippen LogP contribution in [0.2, 0.25) is 0 Å². The van der Waals surface area contributed by atoms with E-state index in [2.05, 4.69) is 10.4 Å². The quantitative estimate of drug-likeness (QED) is 0.819. The van der Waals surface area contributed by atoms with Crippen molar-refractivity contribution in [2.45, 2.75) is 43.7 Å². The van der Waals surface area contributed by atoms with Crippen LogP contribution in [0.5, 0.6) is 0 Å². The molecule has 0 radical (unpaired) electrons. The van der Waals surface area contributed by atoms with Gasteiger partial charge in [-0.05, 0) is 43.9 Å². The summed E-state index contributed by atoms with van der Waals surface area (Å²) in [5.41, 5.74) is 1.81. The lowest BCUT2D eigenvalue weighted by Gasteiger charge is -2.33. The van der Waals surface area contributed by atoms with Crippen molar-refractivity contribution >= 4 is 15.9 Å². The van der Waals surface area contributed by atoms with Crippen LogP contribution >= 0.6 is 0 Å². The third-order valence-corrected chi connectivity index (χ3v) is 7.04.